The first-order valence-corrected chi connectivity index (χ1v) is 6.24. The Bertz CT molecular complexity index is 484. The molecule has 0 amide bonds. The number of aromatic nitrogens is 1. The van der Waals surface area contributed by atoms with E-state index in [2.05, 4.69) is 22.0 Å². The number of anilines is 1. The van der Waals surface area contributed by atoms with Gasteiger partial charge in [0.25, 0.3) is 0 Å². The predicted octanol–water partition coefficient (Wildman–Crippen LogP) is 1.64. The van der Waals surface area contributed by atoms with Crippen molar-refractivity contribution in [1.82, 2.24) is 4.98 Å². The first-order valence-electron chi connectivity index (χ1n) is 6.24. The average molecular weight is 248 g/mol. The van der Waals surface area contributed by atoms with E-state index in [1.165, 1.54) is 0 Å². The van der Waals surface area contributed by atoms with Crippen molar-refractivity contribution < 1.29 is 5.21 Å². The highest BCUT2D eigenvalue weighted by Gasteiger charge is 2.24. The summed E-state index contributed by atoms with van der Waals surface area (Å²) in [5.41, 5.74) is 8.48. The summed E-state index contributed by atoms with van der Waals surface area (Å²) in [4.78, 5) is 6.79. The quantitative estimate of drug-likeness (QED) is 0.361. The smallest absolute Gasteiger partial charge is 0.174 e. The Hall–Kier alpha value is -1.78. The predicted molar refractivity (Wildman–Crippen MR) is 72.2 cm³/mol. The van der Waals surface area contributed by atoms with Crippen LogP contribution in [0.1, 0.15) is 30.2 Å². The molecule has 5 heteroatoms. The van der Waals surface area contributed by atoms with Crippen LogP contribution in [0.25, 0.3) is 0 Å². The third-order valence-electron chi connectivity index (χ3n) is 3.41. The normalized spacial score (nSPS) is 20.5. The van der Waals surface area contributed by atoms with Gasteiger partial charge < -0.3 is 15.8 Å². The molecule has 0 spiro atoms. The molecule has 2 heterocycles. The van der Waals surface area contributed by atoms with E-state index in [4.69, 9.17) is 10.9 Å². The third kappa shape index (κ3) is 2.25. The van der Waals surface area contributed by atoms with Gasteiger partial charge in [0.2, 0.25) is 0 Å². The summed E-state index contributed by atoms with van der Waals surface area (Å²) >= 11 is 0. The van der Waals surface area contributed by atoms with Crippen LogP contribution in [0.5, 0.6) is 0 Å². The van der Waals surface area contributed by atoms with Gasteiger partial charge >= 0.3 is 0 Å². The van der Waals surface area contributed by atoms with Gasteiger partial charge in [0.05, 0.1) is 5.56 Å². The van der Waals surface area contributed by atoms with Crippen molar-refractivity contribution in [2.45, 2.75) is 27.2 Å². The Labute approximate surface area is 107 Å². The van der Waals surface area contributed by atoms with E-state index in [-0.39, 0.29) is 5.84 Å². The van der Waals surface area contributed by atoms with Crippen molar-refractivity contribution >= 4 is 11.7 Å². The molecule has 0 saturated carbocycles. The molecule has 3 N–H and O–H groups in total. The fourth-order valence-corrected chi connectivity index (χ4v) is 2.54. The molecular weight excluding hydrogens is 228 g/mol. The van der Waals surface area contributed by atoms with Gasteiger partial charge in [-0.1, -0.05) is 12.1 Å². The summed E-state index contributed by atoms with van der Waals surface area (Å²) < 4.78 is 0. The molecule has 2 rings (SSSR count). The van der Waals surface area contributed by atoms with Crippen LogP contribution in [0, 0.1) is 19.8 Å². The molecule has 1 aliphatic rings. The van der Waals surface area contributed by atoms with Crippen LogP contribution in [-0.4, -0.2) is 29.1 Å². The van der Waals surface area contributed by atoms with Crippen LogP contribution in [0.2, 0.25) is 0 Å². The molecule has 1 atom stereocenters. The van der Waals surface area contributed by atoms with Crippen LogP contribution < -0.4 is 10.6 Å². The molecule has 1 saturated heterocycles. The standard InChI is InChI=1S/C13H20N4O/c1-8-4-5-17(7-8)13-11(12(14)16-18)9(2)6-10(3)15-13/h6,8,18H,4-5,7H2,1-3H3,(H2,14,16). The summed E-state index contributed by atoms with van der Waals surface area (Å²) in [5, 5.41) is 12.0. The molecule has 98 valence electrons. The van der Waals surface area contributed by atoms with Crippen molar-refractivity contribution in [1.29, 1.82) is 0 Å². The van der Waals surface area contributed by atoms with Gasteiger partial charge in [0.1, 0.15) is 5.82 Å². The maximum atomic E-state index is 8.92. The van der Waals surface area contributed by atoms with E-state index in [0.717, 1.165) is 42.1 Å². The molecule has 0 aliphatic carbocycles. The Balaban J connectivity index is 2.50. The van der Waals surface area contributed by atoms with Crippen molar-refractivity contribution in [3.8, 4) is 0 Å². The zero-order chi connectivity index (χ0) is 13.3. The number of pyridine rings is 1. The summed E-state index contributed by atoms with van der Waals surface area (Å²) in [5.74, 6) is 1.63. The Morgan fingerprint density at radius 2 is 2.28 bits per heavy atom. The van der Waals surface area contributed by atoms with E-state index in [0.29, 0.717) is 5.92 Å². The molecular formula is C13H20N4O. The highest BCUT2D eigenvalue weighted by Crippen LogP contribution is 2.27. The van der Waals surface area contributed by atoms with Crippen LogP contribution in [0.3, 0.4) is 0 Å². The summed E-state index contributed by atoms with van der Waals surface area (Å²) in [7, 11) is 0. The Morgan fingerprint density at radius 1 is 1.56 bits per heavy atom. The summed E-state index contributed by atoms with van der Waals surface area (Å²) in [6.07, 6.45) is 1.16. The second-order valence-electron chi connectivity index (χ2n) is 5.10. The highest BCUT2D eigenvalue weighted by atomic mass is 16.4. The van der Waals surface area contributed by atoms with Gasteiger partial charge in [-0.3, -0.25) is 0 Å². The SMILES string of the molecule is Cc1cc(C)c(C(N)=NO)c(N2CCC(C)C2)n1. The monoisotopic (exact) mass is 248 g/mol. The van der Waals surface area contributed by atoms with Crippen molar-refractivity contribution in [2.24, 2.45) is 16.8 Å². The lowest BCUT2D eigenvalue weighted by Gasteiger charge is -2.22. The zero-order valence-electron chi connectivity index (χ0n) is 11.1. The second-order valence-corrected chi connectivity index (χ2v) is 5.10. The highest BCUT2D eigenvalue weighted by molar-refractivity contribution is 6.02. The van der Waals surface area contributed by atoms with Gasteiger partial charge in [-0.2, -0.15) is 0 Å². The molecule has 1 aromatic rings. The number of oxime groups is 1. The number of nitrogens with two attached hydrogens (primary N) is 1. The lowest BCUT2D eigenvalue weighted by Crippen LogP contribution is -2.26. The lowest BCUT2D eigenvalue weighted by molar-refractivity contribution is 0.318. The fraction of sp³-hybridized carbons (Fsp3) is 0.538. The molecule has 1 unspecified atom stereocenters. The second kappa shape index (κ2) is 4.84. The number of hydrogen-bond donors (Lipinski definition) is 2. The van der Waals surface area contributed by atoms with E-state index >= 15 is 0 Å². The molecule has 0 radical (unpaired) electrons. The van der Waals surface area contributed by atoms with Gasteiger partial charge in [0, 0.05) is 18.8 Å². The molecule has 5 nitrogen and oxygen atoms in total. The summed E-state index contributed by atoms with van der Waals surface area (Å²) in [6, 6.07) is 1.95. The van der Waals surface area contributed by atoms with E-state index < -0.39 is 0 Å². The van der Waals surface area contributed by atoms with Crippen molar-refractivity contribution in [2.75, 3.05) is 18.0 Å². The van der Waals surface area contributed by atoms with E-state index in [9.17, 15) is 0 Å². The molecule has 1 fully saturated rings. The molecule has 0 bridgehead atoms. The van der Waals surface area contributed by atoms with Crippen LogP contribution >= 0.6 is 0 Å². The minimum atomic E-state index is 0.134. The first-order chi connectivity index (χ1) is 8.52. The molecule has 1 aromatic heterocycles. The minimum absolute atomic E-state index is 0.134. The van der Waals surface area contributed by atoms with Crippen LogP contribution in [0.4, 0.5) is 5.82 Å². The molecule has 0 aromatic carbocycles. The average Bonchev–Trinajstić information content (AvgIpc) is 2.74. The van der Waals surface area contributed by atoms with Gasteiger partial charge in [-0.25, -0.2) is 4.98 Å². The Morgan fingerprint density at radius 3 is 2.83 bits per heavy atom. The molecule has 1 aliphatic heterocycles. The van der Waals surface area contributed by atoms with E-state index in [1.807, 2.05) is 19.9 Å². The first kappa shape index (κ1) is 12.7. The lowest BCUT2D eigenvalue weighted by atomic mass is 10.1. The van der Waals surface area contributed by atoms with Crippen molar-refractivity contribution in [3.63, 3.8) is 0 Å². The maximum absolute atomic E-state index is 8.92. The molecule has 18 heavy (non-hydrogen) atoms. The van der Waals surface area contributed by atoms with Crippen LogP contribution in [-0.2, 0) is 0 Å². The largest absolute Gasteiger partial charge is 0.409 e. The maximum Gasteiger partial charge on any atom is 0.174 e. The number of hydrogen-bond acceptors (Lipinski definition) is 4. The fourth-order valence-electron chi connectivity index (χ4n) is 2.54. The zero-order valence-corrected chi connectivity index (χ0v) is 11.1. The number of rotatable bonds is 2. The topological polar surface area (TPSA) is 74.7 Å². The van der Waals surface area contributed by atoms with Gasteiger partial charge in [0.15, 0.2) is 5.84 Å². The van der Waals surface area contributed by atoms with E-state index in [1.54, 1.807) is 0 Å². The number of nitrogens with zero attached hydrogens (tertiary/aromatic N) is 3. The van der Waals surface area contributed by atoms with Crippen LogP contribution in [0.15, 0.2) is 11.2 Å². The minimum Gasteiger partial charge on any atom is -0.409 e. The number of aryl methyl sites for hydroxylation is 2. The number of amidine groups is 1. The van der Waals surface area contributed by atoms with Crippen molar-refractivity contribution in [3.05, 3.63) is 22.9 Å². The van der Waals surface area contributed by atoms with Gasteiger partial charge in [-0.15, -0.1) is 0 Å². The summed E-state index contributed by atoms with van der Waals surface area (Å²) in [6.45, 7) is 8.10. The Kier molecular flexibility index (Phi) is 3.41. The van der Waals surface area contributed by atoms with Gasteiger partial charge in [-0.05, 0) is 37.8 Å². The third-order valence-corrected chi connectivity index (χ3v) is 3.41.